The van der Waals surface area contributed by atoms with Crippen LogP contribution in [0.3, 0.4) is 0 Å². The zero-order valence-corrected chi connectivity index (χ0v) is 6.82. The van der Waals surface area contributed by atoms with Crippen molar-refractivity contribution in [3.63, 3.8) is 0 Å². The third-order valence-electron chi connectivity index (χ3n) is 1.92. The summed E-state index contributed by atoms with van der Waals surface area (Å²) in [6, 6.07) is 0. The van der Waals surface area contributed by atoms with Gasteiger partial charge in [0.15, 0.2) is 0 Å². The Kier molecular flexibility index (Phi) is 2.70. The number of hydrogen-bond acceptors (Lipinski definition) is 1. The molecule has 1 aliphatic carbocycles. The van der Waals surface area contributed by atoms with Gasteiger partial charge in [0.25, 0.3) is 0 Å². The highest BCUT2D eigenvalue weighted by Crippen LogP contribution is 2.36. The summed E-state index contributed by atoms with van der Waals surface area (Å²) >= 11 is 4.60. The van der Waals surface area contributed by atoms with Gasteiger partial charge in [0.1, 0.15) is 6.10 Å². The molecular formula is C7H11ClF2O. The highest BCUT2D eigenvalue weighted by Gasteiger charge is 2.36. The Morgan fingerprint density at radius 3 is 2.45 bits per heavy atom. The second-order valence-corrected chi connectivity index (χ2v) is 3.58. The van der Waals surface area contributed by atoms with Crippen LogP contribution in [0.2, 0.25) is 0 Å². The van der Waals surface area contributed by atoms with Gasteiger partial charge in [0, 0.05) is 0 Å². The van der Waals surface area contributed by atoms with Crippen LogP contribution in [-0.4, -0.2) is 16.6 Å². The van der Waals surface area contributed by atoms with Crippen LogP contribution in [0.1, 0.15) is 25.7 Å². The third kappa shape index (κ3) is 3.34. The molecule has 1 atom stereocenters. The topological polar surface area (TPSA) is 20.2 Å². The van der Waals surface area contributed by atoms with E-state index in [2.05, 4.69) is 11.6 Å². The molecule has 0 aromatic rings. The van der Waals surface area contributed by atoms with E-state index in [0.717, 1.165) is 12.8 Å². The maximum atomic E-state index is 12.1. The summed E-state index contributed by atoms with van der Waals surface area (Å²) in [5.41, 5.74) is 0. The lowest BCUT2D eigenvalue weighted by atomic mass is 10.1. The van der Waals surface area contributed by atoms with E-state index >= 15 is 0 Å². The minimum atomic E-state index is -3.45. The molecule has 0 saturated heterocycles. The first-order valence-corrected chi connectivity index (χ1v) is 4.12. The summed E-state index contributed by atoms with van der Waals surface area (Å²) in [6.45, 7) is 0. The Labute approximate surface area is 69.4 Å². The van der Waals surface area contributed by atoms with Crippen LogP contribution in [-0.2, 0) is 0 Å². The molecule has 0 bridgehead atoms. The predicted octanol–water partition coefficient (Wildman–Crippen LogP) is 2.37. The molecule has 1 aliphatic rings. The minimum absolute atomic E-state index is 0.112. The van der Waals surface area contributed by atoms with E-state index in [1.165, 1.54) is 0 Å². The normalized spacial score (nSPS) is 21.8. The Hall–Kier alpha value is 0.110. The molecule has 1 unspecified atom stereocenters. The summed E-state index contributed by atoms with van der Waals surface area (Å²) in [4.78, 5) is 0. The van der Waals surface area contributed by atoms with Gasteiger partial charge < -0.3 is 5.11 Å². The van der Waals surface area contributed by atoms with E-state index in [0.29, 0.717) is 12.3 Å². The number of aliphatic hydroxyl groups excluding tert-OH is 1. The molecule has 0 heterocycles. The molecule has 1 N–H and O–H groups in total. The fourth-order valence-electron chi connectivity index (χ4n) is 0.964. The molecule has 0 radical (unpaired) electrons. The van der Waals surface area contributed by atoms with Crippen LogP contribution in [0.15, 0.2) is 0 Å². The van der Waals surface area contributed by atoms with Gasteiger partial charge in [-0.1, -0.05) is 12.8 Å². The van der Waals surface area contributed by atoms with Crippen LogP contribution in [0, 0.1) is 5.92 Å². The van der Waals surface area contributed by atoms with Crippen molar-refractivity contribution in [3.8, 4) is 0 Å². The number of aliphatic hydroxyl groups is 1. The van der Waals surface area contributed by atoms with E-state index in [1.807, 2.05) is 0 Å². The highest BCUT2D eigenvalue weighted by molar-refractivity contribution is 6.22. The van der Waals surface area contributed by atoms with Crippen molar-refractivity contribution in [2.75, 3.05) is 0 Å². The van der Waals surface area contributed by atoms with E-state index < -0.39 is 11.5 Å². The average molecular weight is 185 g/mol. The number of rotatable bonds is 4. The second kappa shape index (κ2) is 3.23. The molecule has 0 aromatic carbocycles. The van der Waals surface area contributed by atoms with Crippen molar-refractivity contribution in [2.45, 2.75) is 37.2 Å². The molecule has 1 rings (SSSR count). The predicted molar refractivity (Wildman–Crippen MR) is 38.8 cm³/mol. The Balaban J connectivity index is 2.13. The lowest BCUT2D eigenvalue weighted by Crippen LogP contribution is -2.27. The van der Waals surface area contributed by atoms with E-state index in [1.54, 1.807) is 0 Å². The first kappa shape index (κ1) is 9.20. The van der Waals surface area contributed by atoms with Gasteiger partial charge >= 0.3 is 5.38 Å². The van der Waals surface area contributed by atoms with Crippen LogP contribution in [0.25, 0.3) is 0 Å². The maximum Gasteiger partial charge on any atom is 0.347 e. The van der Waals surface area contributed by atoms with Crippen molar-refractivity contribution in [1.82, 2.24) is 0 Å². The summed E-state index contributed by atoms with van der Waals surface area (Å²) in [5, 5.41) is 5.33. The van der Waals surface area contributed by atoms with Gasteiger partial charge in [-0.15, -0.1) is 0 Å². The zero-order valence-electron chi connectivity index (χ0n) is 6.06. The van der Waals surface area contributed by atoms with Crippen LogP contribution >= 0.6 is 11.6 Å². The number of halogens is 3. The van der Waals surface area contributed by atoms with Crippen molar-refractivity contribution in [2.24, 2.45) is 5.92 Å². The largest absolute Gasteiger partial charge is 0.385 e. The summed E-state index contributed by atoms with van der Waals surface area (Å²) in [5.74, 6) is 0.559. The molecule has 0 spiro atoms. The summed E-state index contributed by atoms with van der Waals surface area (Å²) in [7, 11) is 0. The molecule has 0 amide bonds. The molecule has 66 valence electrons. The van der Waals surface area contributed by atoms with Crippen molar-refractivity contribution in [3.05, 3.63) is 0 Å². The van der Waals surface area contributed by atoms with E-state index in [9.17, 15) is 8.78 Å². The smallest absolute Gasteiger partial charge is 0.347 e. The fraction of sp³-hybridized carbons (Fsp3) is 1.00. The SMILES string of the molecule is OC(CCC1CC1)C(F)(F)Cl. The average Bonchev–Trinajstić information content (AvgIpc) is 2.62. The van der Waals surface area contributed by atoms with Gasteiger partial charge in [-0.3, -0.25) is 0 Å². The molecular weight excluding hydrogens is 174 g/mol. The molecule has 1 saturated carbocycles. The van der Waals surface area contributed by atoms with E-state index in [4.69, 9.17) is 5.11 Å². The van der Waals surface area contributed by atoms with Gasteiger partial charge in [0.05, 0.1) is 0 Å². The molecule has 0 aliphatic heterocycles. The van der Waals surface area contributed by atoms with Crippen LogP contribution in [0.4, 0.5) is 8.78 Å². The van der Waals surface area contributed by atoms with Gasteiger partial charge in [-0.25, -0.2) is 0 Å². The molecule has 1 fully saturated rings. The van der Waals surface area contributed by atoms with Crippen LogP contribution < -0.4 is 0 Å². The molecule has 4 heteroatoms. The third-order valence-corrected chi connectivity index (χ3v) is 2.18. The van der Waals surface area contributed by atoms with Gasteiger partial charge in [-0.2, -0.15) is 8.78 Å². The number of alkyl halides is 3. The van der Waals surface area contributed by atoms with Crippen molar-refractivity contribution in [1.29, 1.82) is 0 Å². The Morgan fingerprint density at radius 1 is 1.55 bits per heavy atom. The van der Waals surface area contributed by atoms with Gasteiger partial charge in [-0.05, 0) is 30.4 Å². The highest BCUT2D eigenvalue weighted by atomic mass is 35.5. The Morgan fingerprint density at radius 2 is 2.09 bits per heavy atom. The van der Waals surface area contributed by atoms with Crippen molar-refractivity contribution >= 4 is 11.6 Å². The van der Waals surface area contributed by atoms with Crippen molar-refractivity contribution < 1.29 is 13.9 Å². The first-order chi connectivity index (χ1) is 5.00. The van der Waals surface area contributed by atoms with Gasteiger partial charge in [0.2, 0.25) is 0 Å². The van der Waals surface area contributed by atoms with E-state index in [-0.39, 0.29) is 6.42 Å². The maximum absolute atomic E-state index is 12.1. The lowest BCUT2D eigenvalue weighted by Gasteiger charge is -2.14. The standard InChI is InChI=1S/C7H11ClF2O/c8-7(9,10)6(11)4-3-5-1-2-5/h5-6,11H,1-4H2. The lowest BCUT2D eigenvalue weighted by molar-refractivity contribution is -0.0456. The van der Waals surface area contributed by atoms with Crippen LogP contribution in [0.5, 0.6) is 0 Å². The summed E-state index contributed by atoms with van der Waals surface area (Å²) < 4.78 is 24.2. The fourth-order valence-corrected chi connectivity index (χ4v) is 1.07. The molecule has 11 heavy (non-hydrogen) atoms. The number of hydrogen-bond donors (Lipinski definition) is 1. The second-order valence-electron chi connectivity index (χ2n) is 3.08. The zero-order chi connectivity index (χ0) is 8.48. The minimum Gasteiger partial charge on any atom is -0.385 e. The molecule has 0 aromatic heterocycles. The molecule has 1 nitrogen and oxygen atoms in total. The first-order valence-electron chi connectivity index (χ1n) is 3.75. The summed E-state index contributed by atoms with van der Waals surface area (Å²) in [6.07, 6.45) is 1.33. The monoisotopic (exact) mass is 184 g/mol. The Bertz CT molecular complexity index is 131. The quantitative estimate of drug-likeness (QED) is 0.666.